The topological polar surface area (TPSA) is 95.5 Å². The predicted octanol–water partition coefficient (Wildman–Crippen LogP) is -0.310. The highest BCUT2D eigenvalue weighted by Crippen LogP contribution is 2.08. The Bertz CT molecular complexity index is 389. The summed E-state index contributed by atoms with van der Waals surface area (Å²) in [5.41, 5.74) is 1.24. The average Bonchev–Trinajstić information content (AvgIpc) is 2.28. The number of carbonyl (C=O) groups is 1. The summed E-state index contributed by atoms with van der Waals surface area (Å²) < 4.78 is 25.2. The van der Waals surface area contributed by atoms with Crippen molar-refractivity contribution in [1.82, 2.24) is 10.0 Å². The summed E-state index contributed by atoms with van der Waals surface area (Å²) in [6.07, 6.45) is 3.34. The third kappa shape index (κ3) is 6.40. The molecule has 0 saturated heterocycles. The van der Waals surface area contributed by atoms with E-state index in [0.717, 1.165) is 19.5 Å². The van der Waals surface area contributed by atoms with E-state index in [1.807, 2.05) is 0 Å². The van der Waals surface area contributed by atoms with Crippen LogP contribution in [0.5, 0.6) is 0 Å². The molecule has 17 heavy (non-hydrogen) atoms. The first-order valence-corrected chi connectivity index (χ1v) is 7.22. The van der Waals surface area contributed by atoms with Gasteiger partial charge in [0, 0.05) is 13.1 Å². The fourth-order valence-electron chi connectivity index (χ4n) is 1.56. The minimum absolute atomic E-state index is 0.341. The van der Waals surface area contributed by atoms with Gasteiger partial charge < -0.3 is 10.4 Å². The largest absolute Gasteiger partial charge is 0.481 e. The second kappa shape index (κ2) is 6.73. The number of aliphatic carboxylic acids is 1. The summed E-state index contributed by atoms with van der Waals surface area (Å²) >= 11 is 0. The number of nitrogens with one attached hydrogen (secondary N) is 2. The Kier molecular flexibility index (Phi) is 5.60. The molecule has 7 heteroatoms. The maximum atomic E-state index is 11.4. The lowest BCUT2D eigenvalue weighted by Crippen LogP contribution is -2.29. The third-order valence-electron chi connectivity index (χ3n) is 2.51. The molecule has 1 heterocycles. The molecule has 0 bridgehead atoms. The van der Waals surface area contributed by atoms with Gasteiger partial charge in [-0.2, -0.15) is 0 Å². The van der Waals surface area contributed by atoms with Gasteiger partial charge in [0.25, 0.3) is 0 Å². The molecule has 0 spiro atoms. The van der Waals surface area contributed by atoms with Gasteiger partial charge in [0.05, 0.1) is 12.2 Å². The lowest BCUT2D eigenvalue weighted by molar-refractivity contribution is -0.136. The Hall–Kier alpha value is -0.920. The SMILES string of the molecule is O=C(O)CCS(=O)(=O)NCCC1=CCNCC1. The fourth-order valence-corrected chi connectivity index (χ4v) is 2.56. The Morgan fingerprint density at radius 2 is 2.29 bits per heavy atom. The highest BCUT2D eigenvalue weighted by Gasteiger charge is 2.12. The molecule has 0 fully saturated rings. The lowest BCUT2D eigenvalue weighted by atomic mass is 10.1. The Labute approximate surface area is 101 Å². The molecule has 0 aromatic heterocycles. The van der Waals surface area contributed by atoms with Crippen LogP contribution in [0.2, 0.25) is 0 Å². The Morgan fingerprint density at radius 3 is 2.88 bits per heavy atom. The Morgan fingerprint density at radius 1 is 1.53 bits per heavy atom. The van der Waals surface area contributed by atoms with Crippen LogP contribution in [-0.2, 0) is 14.8 Å². The first-order valence-electron chi connectivity index (χ1n) is 5.57. The monoisotopic (exact) mass is 262 g/mol. The van der Waals surface area contributed by atoms with Crippen molar-refractivity contribution < 1.29 is 18.3 Å². The van der Waals surface area contributed by atoms with Crippen molar-refractivity contribution in [2.75, 3.05) is 25.4 Å². The van der Waals surface area contributed by atoms with Gasteiger partial charge in [0.1, 0.15) is 0 Å². The van der Waals surface area contributed by atoms with E-state index in [9.17, 15) is 13.2 Å². The molecule has 1 aliphatic rings. The molecule has 0 unspecified atom stereocenters. The number of carboxylic acids is 1. The molecular formula is C10H18N2O4S. The molecule has 0 aromatic rings. The molecule has 6 nitrogen and oxygen atoms in total. The van der Waals surface area contributed by atoms with E-state index in [1.54, 1.807) is 0 Å². The van der Waals surface area contributed by atoms with Crippen molar-refractivity contribution >= 4 is 16.0 Å². The lowest BCUT2D eigenvalue weighted by Gasteiger charge is -2.14. The van der Waals surface area contributed by atoms with Gasteiger partial charge in [0.2, 0.25) is 10.0 Å². The molecule has 0 aromatic carbocycles. The number of hydrogen-bond donors (Lipinski definition) is 3. The zero-order chi connectivity index (χ0) is 12.7. The molecule has 0 radical (unpaired) electrons. The fraction of sp³-hybridized carbons (Fsp3) is 0.700. The highest BCUT2D eigenvalue weighted by atomic mass is 32.2. The van der Waals surface area contributed by atoms with Gasteiger partial charge in [-0.15, -0.1) is 0 Å². The van der Waals surface area contributed by atoms with Crippen molar-refractivity contribution in [2.45, 2.75) is 19.3 Å². The van der Waals surface area contributed by atoms with Gasteiger partial charge >= 0.3 is 5.97 Å². The van der Waals surface area contributed by atoms with E-state index < -0.39 is 16.0 Å². The summed E-state index contributed by atoms with van der Waals surface area (Å²) in [5, 5.41) is 11.6. The van der Waals surface area contributed by atoms with Crippen LogP contribution in [0.1, 0.15) is 19.3 Å². The van der Waals surface area contributed by atoms with E-state index in [2.05, 4.69) is 16.1 Å². The van der Waals surface area contributed by atoms with Crippen LogP contribution in [0.4, 0.5) is 0 Å². The number of rotatable bonds is 7. The summed E-state index contributed by atoms with van der Waals surface area (Å²) in [5.74, 6) is -1.46. The average molecular weight is 262 g/mol. The molecule has 0 amide bonds. The van der Waals surface area contributed by atoms with Crippen molar-refractivity contribution in [1.29, 1.82) is 0 Å². The van der Waals surface area contributed by atoms with Crippen LogP contribution < -0.4 is 10.0 Å². The normalized spacial score (nSPS) is 16.6. The zero-order valence-corrected chi connectivity index (χ0v) is 10.4. The van der Waals surface area contributed by atoms with Crippen LogP contribution in [0.15, 0.2) is 11.6 Å². The number of sulfonamides is 1. The molecule has 0 aliphatic carbocycles. The summed E-state index contributed by atoms with van der Waals surface area (Å²) in [6, 6.07) is 0. The van der Waals surface area contributed by atoms with Crippen LogP contribution in [0.25, 0.3) is 0 Å². The predicted molar refractivity (Wildman–Crippen MR) is 64.2 cm³/mol. The molecule has 0 saturated carbocycles. The molecule has 1 aliphatic heterocycles. The van der Waals surface area contributed by atoms with E-state index >= 15 is 0 Å². The zero-order valence-electron chi connectivity index (χ0n) is 9.61. The van der Waals surface area contributed by atoms with Crippen molar-refractivity contribution in [2.24, 2.45) is 0 Å². The van der Waals surface area contributed by atoms with Gasteiger partial charge in [-0.25, -0.2) is 13.1 Å². The van der Waals surface area contributed by atoms with Crippen LogP contribution in [0, 0.1) is 0 Å². The minimum Gasteiger partial charge on any atom is -0.481 e. The van der Waals surface area contributed by atoms with Crippen LogP contribution in [0.3, 0.4) is 0 Å². The standard InChI is InChI=1S/C10H18N2O4S/c13-10(14)4-8-17(15,16)12-7-3-9-1-5-11-6-2-9/h1,11-12H,2-8H2,(H,13,14). The van der Waals surface area contributed by atoms with E-state index in [4.69, 9.17) is 5.11 Å². The quantitative estimate of drug-likeness (QED) is 0.547. The number of carboxylic acid groups (broad SMARTS) is 1. The van der Waals surface area contributed by atoms with E-state index in [-0.39, 0.29) is 12.2 Å². The maximum Gasteiger partial charge on any atom is 0.304 e. The summed E-state index contributed by atoms with van der Waals surface area (Å²) in [7, 11) is -3.45. The molecule has 3 N–H and O–H groups in total. The van der Waals surface area contributed by atoms with Crippen molar-refractivity contribution in [3.05, 3.63) is 11.6 Å². The van der Waals surface area contributed by atoms with Crippen molar-refractivity contribution in [3.8, 4) is 0 Å². The maximum absolute atomic E-state index is 11.4. The third-order valence-corrected chi connectivity index (χ3v) is 3.90. The van der Waals surface area contributed by atoms with Crippen LogP contribution in [-0.4, -0.2) is 44.9 Å². The Balaban J connectivity index is 2.25. The second-order valence-electron chi connectivity index (χ2n) is 3.92. The smallest absolute Gasteiger partial charge is 0.304 e. The second-order valence-corrected chi connectivity index (χ2v) is 5.85. The van der Waals surface area contributed by atoms with E-state index in [1.165, 1.54) is 5.57 Å². The molecule has 1 rings (SSSR count). The van der Waals surface area contributed by atoms with Crippen LogP contribution >= 0.6 is 0 Å². The molecule has 98 valence electrons. The van der Waals surface area contributed by atoms with E-state index in [0.29, 0.717) is 13.0 Å². The molecular weight excluding hydrogens is 244 g/mol. The minimum atomic E-state index is -3.45. The van der Waals surface area contributed by atoms with Gasteiger partial charge in [-0.1, -0.05) is 11.6 Å². The summed E-state index contributed by atoms with van der Waals surface area (Å²) in [6.45, 7) is 2.10. The van der Waals surface area contributed by atoms with Gasteiger partial charge in [-0.3, -0.25) is 4.79 Å². The van der Waals surface area contributed by atoms with Crippen molar-refractivity contribution in [3.63, 3.8) is 0 Å². The first-order chi connectivity index (χ1) is 7.99. The van der Waals surface area contributed by atoms with Gasteiger partial charge in [0.15, 0.2) is 0 Å². The summed E-state index contributed by atoms with van der Waals surface area (Å²) in [4.78, 5) is 10.3. The highest BCUT2D eigenvalue weighted by molar-refractivity contribution is 7.89. The first kappa shape index (κ1) is 14.1. The van der Waals surface area contributed by atoms with Gasteiger partial charge in [-0.05, 0) is 19.4 Å². The number of hydrogen-bond acceptors (Lipinski definition) is 4. The molecule has 0 atom stereocenters.